The third-order valence-corrected chi connectivity index (χ3v) is 8.65. The number of aryl methyl sites for hydroxylation is 1. The number of halogens is 1. The Kier molecular flexibility index (Phi) is 7.92. The molecular formula is C36H33FN6O2. The Morgan fingerprint density at radius 1 is 0.756 bits per heavy atom. The van der Waals surface area contributed by atoms with Gasteiger partial charge in [0.1, 0.15) is 11.6 Å². The third-order valence-electron chi connectivity index (χ3n) is 8.65. The summed E-state index contributed by atoms with van der Waals surface area (Å²) in [5.74, 6) is 0.755. The fraction of sp³-hybridized carbons (Fsp3) is 0.222. The van der Waals surface area contributed by atoms with E-state index in [2.05, 4.69) is 63.6 Å². The van der Waals surface area contributed by atoms with E-state index in [-0.39, 0.29) is 36.3 Å². The molecule has 0 saturated carbocycles. The van der Waals surface area contributed by atoms with Crippen molar-refractivity contribution in [3.8, 4) is 0 Å². The second kappa shape index (κ2) is 12.5. The molecule has 0 radical (unpaired) electrons. The number of piperazine rings is 1. The molecule has 226 valence electrons. The molecule has 9 heteroatoms. The van der Waals surface area contributed by atoms with E-state index in [1.807, 2.05) is 39.6 Å². The van der Waals surface area contributed by atoms with E-state index >= 15 is 0 Å². The molecule has 0 aliphatic carbocycles. The lowest BCUT2D eigenvalue weighted by molar-refractivity contribution is -0.133. The van der Waals surface area contributed by atoms with Gasteiger partial charge in [-0.05, 0) is 41.0 Å². The van der Waals surface area contributed by atoms with Gasteiger partial charge < -0.3 is 4.90 Å². The summed E-state index contributed by atoms with van der Waals surface area (Å²) in [6, 6.07) is 34.6. The third kappa shape index (κ3) is 5.74. The number of aromatic nitrogens is 4. The predicted molar refractivity (Wildman–Crippen MR) is 171 cm³/mol. The van der Waals surface area contributed by atoms with Crippen molar-refractivity contribution >= 4 is 22.6 Å². The highest BCUT2D eigenvalue weighted by Crippen LogP contribution is 2.29. The van der Waals surface area contributed by atoms with Gasteiger partial charge >= 0.3 is 0 Å². The topological polar surface area (TPSA) is 75.7 Å². The molecule has 8 nitrogen and oxygen atoms in total. The summed E-state index contributed by atoms with van der Waals surface area (Å²) < 4.78 is 17.0. The van der Waals surface area contributed by atoms with Gasteiger partial charge in [-0.3, -0.25) is 23.5 Å². The monoisotopic (exact) mass is 600 g/mol. The molecule has 1 amide bonds. The van der Waals surface area contributed by atoms with E-state index in [9.17, 15) is 14.0 Å². The van der Waals surface area contributed by atoms with Crippen molar-refractivity contribution in [3.63, 3.8) is 0 Å². The summed E-state index contributed by atoms with van der Waals surface area (Å²) in [5, 5.41) is 9.36. The molecule has 1 aliphatic heterocycles. The van der Waals surface area contributed by atoms with Crippen LogP contribution in [0.1, 0.15) is 35.0 Å². The van der Waals surface area contributed by atoms with Crippen LogP contribution in [-0.4, -0.2) is 61.1 Å². The minimum Gasteiger partial charge on any atom is -0.340 e. The standard InChI is InChI=1S/C36H33FN6O2/c37-29-17-15-26(16-18-29)25-42-35(45)30-13-7-8-14-31(30)43-32(38-39-36(42)43)19-20-33(44)40-21-23-41(24-22-40)34(27-9-3-1-4-10-27)28-11-5-2-6-12-28/h1-18,34H,19-25H2. The minimum atomic E-state index is -0.335. The first kappa shape index (κ1) is 28.6. The molecule has 0 N–H and O–H groups in total. The average molecular weight is 601 g/mol. The van der Waals surface area contributed by atoms with Crippen LogP contribution in [0, 0.1) is 5.82 Å². The number of amides is 1. The molecule has 4 aromatic carbocycles. The van der Waals surface area contributed by atoms with Crippen molar-refractivity contribution in [2.75, 3.05) is 26.2 Å². The molecule has 1 fully saturated rings. The molecule has 1 saturated heterocycles. The fourth-order valence-corrected chi connectivity index (χ4v) is 6.38. The molecule has 3 heterocycles. The number of para-hydroxylation sites is 1. The number of nitrogens with zero attached hydrogens (tertiary/aromatic N) is 6. The number of carbonyl (C=O) groups is 1. The Labute approximate surface area is 260 Å². The number of hydrogen-bond acceptors (Lipinski definition) is 5. The van der Waals surface area contributed by atoms with E-state index in [0.29, 0.717) is 42.0 Å². The number of hydrogen-bond donors (Lipinski definition) is 0. The quantitative estimate of drug-likeness (QED) is 0.243. The second-order valence-electron chi connectivity index (χ2n) is 11.4. The summed E-state index contributed by atoms with van der Waals surface area (Å²) >= 11 is 0. The largest absolute Gasteiger partial charge is 0.340 e. The van der Waals surface area contributed by atoms with Crippen molar-refractivity contribution in [2.45, 2.75) is 25.4 Å². The highest BCUT2D eigenvalue weighted by molar-refractivity contribution is 5.80. The van der Waals surface area contributed by atoms with Crippen molar-refractivity contribution in [1.29, 1.82) is 0 Å². The first-order valence-electron chi connectivity index (χ1n) is 15.3. The number of rotatable bonds is 8. The van der Waals surface area contributed by atoms with E-state index in [0.717, 1.165) is 18.7 Å². The van der Waals surface area contributed by atoms with Crippen LogP contribution in [0.15, 0.2) is 114 Å². The van der Waals surface area contributed by atoms with Gasteiger partial charge in [-0.15, -0.1) is 10.2 Å². The van der Waals surface area contributed by atoms with Crippen LogP contribution in [0.2, 0.25) is 0 Å². The zero-order valence-corrected chi connectivity index (χ0v) is 24.8. The summed E-state index contributed by atoms with van der Waals surface area (Å²) in [6.45, 7) is 3.07. The van der Waals surface area contributed by atoms with Gasteiger partial charge in [-0.2, -0.15) is 0 Å². The highest BCUT2D eigenvalue weighted by atomic mass is 19.1. The fourth-order valence-electron chi connectivity index (χ4n) is 6.38. The average Bonchev–Trinajstić information content (AvgIpc) is 3.52. The lowest BCUT2D eigenvalue weighted by atomic mass is 9.96. The van der Waals surface area contributed by atoms with Gasteiger partial charge in [0.2, 0.25) is 11.7 Å². The molecule has 2 aromatic heterocycles. The lowest BCUT2D eigenvalue weighted by Crippen LogP contribution is -2.49. The van der Waals surface area contributed by atoms with Crippen LogP contribution in [-0.2, 0) is 17.8 Å². The molecule has 45 heavy (non-hydrogen) atoms. The Hall–Kier alpha value is -5.15. The molecule has 0 spiro atoms. The molecule has 7 rings (SSSR count). The maximum Gasteiger partial charge on any atom is 0.263 e. The first-order valence-corrected chi connectivity index (χ1v) is 15.3. The van der Waals surface area contributed by atoms with Crippen LogP contribution in [0.5, 0.6) is 0 Å². The van der Waals surface area contributed by atoms with Gasteiger partial charge in [0.05, 0.1) is 23.5 Å². The number of benzene rings is 4. The van der Waals surface area contributed by atoms with Crippen LogP contribution < -0.4 is 5.56 Å². The van der Waals surface area contributed by atoms with Crippen LogP contribution >= 0.6 is 0 Å². The van der Waals surface area contributed by atoms with Crippen molar-refractivity contribution in [3.05, 3.63) is 148 Å². The zero-order chi connectivity index (χ0) is 30.8. The first-order chi connectivity index (χ1) is 22.1. The van der Waals surface area contributed by atoms with Gasteiger partial charge in [-0.1, -0.05) is 84.9 Å². The van der Waals surface area contributed by atoms with Crippen molar-refractivity contribution < 1.29 is 9.18 Å². The summed E-state index contributed by atoms with van der Waals surface area (Å²) in [6.07, 6.45) is 0.669. The minimum absolute atomic E-state index is 0.0753. The Morgan fingerprint density at radius 2 is 1.38 bits per heavy atom. The van der Waals surface area contributed by atoms with E-state index < -0.39 is 0 Å². The van der Waals surface area contributed by atoms with Crippen molar-refractivity contribution in [1.82, 2.24) is 29.0 Å². The van der Waals surface area contributed by atoms with E-state index in [1.165, 1.54) is 23.3 Å². The molecule has 6 aromatic rings. The predicted octanol–water partition coefficient (Wildman–Crippen LogP) is 5.10. The molecular weight excluding hydrogens is 567 g/mol. The van der Waals surface area contributed by atoms with Crippen molar-refractivity contribution in [2.24, 2.45) is 0 Å². The van der Waals surface area contributed by atoms with Crippen LogP contribution in [0.4, 0.5) is 4.39 Å². The smallest absolute Gasteiger partial charge is 0.263 e. The maximum atomic E-state index is 13.5. The Morgan fingerprint density at radius 3 is 2.04 bits per heavy atom. The normalized spacial score (nSPS) is 14.0. The van der Waals surface area contributed by atoms with Gasteiger partial charge in [0.15, 0.2) is 0 Å². The molecule has 1 aliphatic rings. The van der Waals surface area contributed by atoms with E-state index in [4.69, 9.17) is 0 Å². The highest BCUT2D eigenvalue weighted by Gasteiger charge is 2.28. The molecule has 0 bridgehead atoms. The number of fused-ring (bicyclic) bond motifs is 3. The lowest BCUT2D eigenvalue weighted by Gasteiger charge is -2.39. The van der Waals surface area contributed by atoms with Gasteiger partial charge in [-0.25, -0.2) is 4.39 Å². The maximum absolute atomic E-state index is 13.5. The Bertz CT molecular complexity index is 1960. The van der Waals surface area contributed by atoms with Gasteiger partial charge in [0.25, 0.3) is 5.56 Å². The van der Waals surface area contributed by atoms with E-state index in [1.54, 1.807) is 22.8 Å². The SMILES string of the molecule is O=C(CCc1nnc2n(Cc3ccc(F)cc3)c(=O)c3ccccc3n12)N1CCN(C(c2ccccc2)c2ccccc2)CC1. The molecule has 0 atom stereocenters. The summed E-state index contributed by atoms with van der Waals surface area (Å²) in [5.41, 5.74) is 3.76. The second-order valence-corrected chi connectivity index (χ2v) is 11.4. The van der Waals surface area contributed by atoms with Crippen LogP contribution in [0.25, 0.3) is 16.7 Å². The van der Waals surface area contributed by atoms with Gasteiger partial charge in [0, 0.05) is 39.0 Å². The number of carbonyl (C=O) groups excluding carboxylic acids is 1. The summed E-state index contributed by atoms with van der Waals surface area (Å²) in [7, 11) is 0. The molecule has 0 unspecified atom stereocenters. The zero-order valence-electron chi connectivity index (χ0n) is 24.8. The van der Waals surface area contributed by atoms with Crippen LogP contribution in [0.3, 0.4) is 0 Å². The summed E-state index contributed by atoms with van der Waals surface area (Å²) in [4.78, 5) is 31.3. The Balaban J connectivity index is 1.09.